The lowest BCUT2D eigenvalue weighted by Crippen LogP contribution is -1.97. The Labute approximate surface area is 122 Å². The maximum atomic E-state index is 10.0. The Balaban J connectivity index is 1.97. The second kappa shape index (κ2) is 6.25. The van der Waals surface area contributed by atoms with Gasteiger partial charge in [-0.2, -0.15) is 0 Å². The van der Waals surface area contributed by atoms with Crippen molar-refractivity contribution >= 4 is 50.6 Å². The molecular weight excluding hydrogens is 340 g/mol. The van der Waals surface area contributed by atoms with Gasteiger partial charge in [-0.25, -0.2) is 0 Å². The second-order valence-corrected chi connectivity index (χ2v) is 6.75. The third-order valence-corrected chi connectivity index (χ3v) is 5.54. The van der Waals surface area contributed by atoms with E-state index in [1.807, 2.05) is 35.7 Å². The van der Waals surface area contributed by atoms with Gasteiger partial charge in [-0.3, -0.25) is 0 Å². The maximum Gasteiger partial charge on any atom is 0.0975 e. The van der Waals surface area contributed by atoms with E-state index in [0.717, 1.165) is 19.3 Å². The zero-order valence-electron chi connectivity index (χ0n) is 8.77. The molecule has 0 radical (unpaired) electrons. The average Bonchev–Trinajstić information content (AvgIpc) is 2.74. The first kappa shape index (κ1) is 13.4. The van der Waals surface area contributed by atoms with Crippen molar-refractivity contribution in [1.29, 1.82) is 0 Å². The van der Waals surface area contributed by atoms with Gasteiger partial charge in [-0.05, 0) is 34.1 Å². The number of thiophene rings is 1. The summed E-state index contributed by atoms with van der Waals surface area (Å²) < 4.78 is 1.01. The van der Waals surface area contributed by atoms with Crippen LogP contribution in [0.4, 0.5) is 0 Å². The summed E-state index contributed by atoms with van der Waals surface area (Å²) in [6.07, 6.45) is -0.451. The van der Waals surface area contributed by atoms with E-state index in [9.17, 15) is 5.11 Å². The zero-order chi connectivity index (χ0) is 12.3. The summed E-state index contributed by atoms with van der Waals surface area (Å²) in [5.41, 5.74) is 0. The van der Waals surface area contributed by atoms with E-state index in [-0.39, 0.29) is 0 Å². The Hall–Kier alpha value is -0.0000000000000000833. The molecule has 1 N–H and O–H groups in total. The number of hydrogen-bond acceptors (Lipinski definition) is 3. The third-order valence-electron chi connectivity index (χ3n) is 2.15. The Morgan fingerprint density at radius 3 is 2.82 bits per heavy atom. The van der Waals surface area contributed by atoms with Gasteiger partial charge in [0.25, 0.3) is 0 Å². The summed E-state index contributed by atoms with van der Waals surface area (Å²) in [4.78, 5) is 1.97. The molecule has 0 aliphatic heterocycles. The molecule has 1 unspecified atom stereocenters. The molecule has 1 aromatic heterocycles. The second-order valence-electron chi connectivity index (χ2n) is 3.42. The van der Waals surface area contributed by atoms with Crippen molar-refractivity contribution < 1.29 is 5.11 Å². The van der Waals surface area contributed by atoms with Crippen LogP contribution in [0, 0.1) is 0 Å². The highest BCUT2D eigenvalue weighted by molar-refractivity contribution is 9.10. The van der Waals surface area contributed by atoms with Crippen molar-refractivity contribution in [1.82, 2.24) is 0 Å². The molecule has 2 aromatic rings. The van der Waals surface area contributed by atoms with Crippen molar-refractivity contribution in [2.45, 2.75) is 11.0 Å². The van der Waals surface area contributed by atoms with E-state index >= 15 is 0 Å². The fourth-order valence-corrected chi connectivity index (χ4v) is 4.05. The van der Waals surface area contributed by atoms with Crippen molar-refractivity contribution in [2.75, 3.05) is 5.75 Å². The molecule has 1 heterocycles. The molecule has 0 bridgehead atoms. The molecule has 0 aliphatic rings. The minimum absolute atomic E-state index is 0.451. The van der Waals surface area contributed by atoms with Gasteiger partial charge in [-0.15, -0.1) is 23.1 Å². The van der Waals surface area contributed by atoms with Crippen LogP contribution in [-0.2, 0) is 0 Å². The van der Waals surface area contributed by atoms with Gasteiger partial charge in [-0.1, -0.05) is 23.7 Å². The SMILES string of the molecule is OC(CSc1ccccc1Cl)c1cc(Br)cs1. The lowest BCUT2D eigenvalue weighted by Gasteiger charge is -2.08. The lowest BCUT2D eigenvalue weighted by atomic mass is 10.3. The van der Waals surface area contributed by atoms with Crippen molar-refractivity contribution in [3.8, 4) is 0 Å². The van der Waals surface area contributed by atoms with Gasteiger partial charge in [0.15, 0.2) is 0 Å². The van der Waals surface area contributed by atoms with Crippen LogP contribution in [0.15, 0.2) is 45.1 Å². The normalized spacial score (nSPS) is 12.6. The highest BCUT2D eigenvalue weighted by Gasteiger charge is 2.11. The molecule has 0 saturated heterocycles. The lowest BCUT2D eigenvalue weighted by molar-refractivity contribution is 0.208. The predicted octanol–water partition coefficient (Wildman–Crippen LogP) is 4.99. The number of benzene rings is 1. The first-order valence-electron chi connectivity index (χ1n) is 4.96. The fraction of sp³-hybridized carbons (Fsp3) is 0.167. The van der Waals surface area contributed by atoms with E-state index in [2.05, 4.69) is 15.9 Å². The molecule has 1 atom stereocenters. The average molecular weight is 350 g/mol. The topological polar surface area (TPSA) is 20.2 Å². The smallest absolute Gasteiger partial charge is 0.0975 e. The number of hydrogen-bond donors (Lipinski definition) is 1. The van der Waals surface area contributed by atoms with E-state index in [1.165, 1.54) is 0 Å². The number of thioether (sulfide) groups is 1. The molecule has 0 aliphatic carbocycles. The molecule has 2 rings (SSSR count). The fourth-order valence-electron chi connectivity index (χ4n) is 1.32. The molecule has 0 spiro atoms. The summed E-state index contributed by atoms with van der Waals surface area (Å²) in [5.74, 6) is 0.608. The molecule has 5 heteroatoms. The van der Waals surface area contributed by atoms with Gasteiger partial charge in [0.1, 0.15) is 0 Å². The quantitative estimate of drug-likeness (QED) is 0.785. The van der Waals surface area contributed by atoms with Crippen molar-refractivity contribution in [2.24, 2.45) is 0 Å². The predicted molar refractivity (Wildman–Crippen MR) is 79.2 cm³/mol. The Bertz CT molecular complexity index is 501. The van der Waals surface area contributed by atoms with Crippen LogP contribution >= 0.6 is 50.6 Å². The molecule has 17 heavy (non-hydrogen) atoms. The zero-order valence-corrected chi connectivity index (χ0v) is 12.7. The summed E-state index contributed by atoms with van der Waals surface area (Å²) in [5, 5.41) is 12.7. The van der Waals surface area contributed by atoms with E-state index in [4.69, 9.17) is 11.6 Å². The monoisotopic (exact) mass is 348 g/mol. The van der Waals surface area contributed by atoms with E-state index in [0.29, 0.717) is 5.75 Å². The minimum Gasteiger partial charge on any atom is -0.387 e. The van der Waals surface area contributed by atoms with Gasteiger partial charge < -0.3 is 5.11 Å². The molecule has 90 valence electrons. The number of aliphatic hydroxyl groups excluding tert-OH is 1. The van der Waals surface area contributed by atoms with Crippen molar-refractivity contribution in [3.05, 3.63) is 50.1 Å². The van der Waals surface area contributed by atoms with Gasteiger partial charge in [0.2, 0.25) is 0 Å². The maximum absolute atomic E-state index is 10.0. The van der Waals surface area contributed by atoms with Crippen molar-refractivity contribution in [3.63, 3.8) is 0 Å². The Morgan fingerprint density at radius 1 is 1.41 bits per heavy atom. The molecule has 1 aromatic carbocycles. The van der Waals surface area contributed by atoms with Crippen LogP contribution in [0.2, 0.25) is 5.02 Å². The largest absolute Gasteiger partial charge is 0.387 e. The number of halogens is 2. The summed E-state index contributed by atoms with van der Waals surface area (Å²) in [7, 11) is 0. The highest BCUT2D eigenvalue weighted by atomic mass is 79.9. The standard InChI is InChI=1S/C12H10BrClOS2/c13-8-5-12(16-6-8)10(15)7-17-11-4-2-1-3-9(11)14/h1-6,10,15H,7H2. The van der Waals surface area contributed by atoms with Gasteiger partial charge in [0.05, 0.1) is 11.1 Å². The van der Waals surface area contributed by atoms with Crippen LogP contribution in [0.5, 0.6) is 0 Å². The van der Waals surface area contributed by atoms with Gasteiger partial charge in [0, 0.05) is 25.4 Å². The number of rotatable bonds is 4. The summed E-state index contributed by atoms with van der Waals surface area (Å²) in [6.45, 7) is 0. The minimum atomic E-state index is -0.451. The first-order valence-corrected chi connectivity index (χ1v) is 8.00. The molecule has 1 nitrogen and oxygen atoms in total. The van der Waals surface area contributed by atoms with Crippen LogP contribution in [0.3, 0.4) is 0 Å². The number of aliphatic hydroxyl groups is 1. The summed E-state index contributed by atoms with van der Waals surface area (Å²) in [6, 6.07) is 9.62. The molecular formula is C12H10BrClOS2. The van der Waals surface area contributed by atoms with Crippen LogP contribution in [0.1, 0.15) is 11.0 Å². The molecule has 0 fully saturated rings. The van der Waals surface area contributed by atoms with Crippen LogP contribution in [0.25, 0.3) is 0 Å². The van der Waals surface area contributed by atoms with Crippen LogP contribution < -0.4 is 0 Å². The van der Waals surface area contributed by atoms with E-state index in [1.54, 1.807) is 23.1 Å². The first-order chi connectivity index (χ1) is 8.16. The molecule has 0 saturated carbocycles. The van der Waals surface area contributed by atoms with E-state index < -0.39 is 6.10 Å². The highest BCUT2D eigenvalue weighted by Crippen LogP contribution is 2.32. The van der Waals surface area contributed by atoms with Gasteiger partial charge >= 0.3 is 0 Å². The Morgan fingerprint density at radius 2 is 2.18 bits per heavy atom. The summed E-state index contributed by atoms with van der Waals surface area (Å²) >= 11 is 12.6. The van der Waals surface area contributed by atoms with Crippen LogP contribution in [-0.4, -0.2) is 10.9 Å². The Kier molecular flexibility index (Phi) is 4.94. The third kappa shape index (κ3) is 3.73. The molecule has 0 amide bonds.